The van der Waals surface area contributed by atoms with Crippen molar-refractivity contribution in [1.29, 1.82) is 0 Å². The fraction of sp³-hybridized carbons (Fsp3) is 0. The summed E-state index contributed by atoms with van der Waals surface area (Å²) in [5.41, 5.74) is -0.944. The Bertz CT molecular complexity index is 508. The average Bonchev–Trinajstić information content (AvgIpc) is 2.67. The van der Waals surface area contributed by atoms with Crippen molar-refractivity contribution in [3.63, 3.8) is 0 Å². The molecule has 0 unspecified atom stereocenters. The standard InChI is InChI=1S/C8H5NO4/c10-5-2-1-4(3-6(5)11)9-7(12)8(9)13/h1-3,10-11H. The molecule has 2 N–H and O–H groups in total. The van der Waals surface area contributed by atoms with Gasteiger partial charge in [0.1, 0.15) is 0 Å². The Kier molecular flexibility index (Phi) is 1.30. The van der Waals surface area contributed by atoms with E-state index in [9.17, 15) is 9.59 Å². The first-order valence-corrected chi connectivity index (χ1v) is 3.51. The molecule has 0 saturated heterocycles. The van der Waals surface area contributed by atoms with Crippen LogP contribution in [0.25, 0.3) is 5.69 Å². The number of hydrogen-bond acceptors (Lipinski definition) is 4. The number of aromatic hydroxyl groups is 2. The number of phenols is 2. The smallest absolute Gasteiger partial charge is 0.324 e. The molecule has 0 atom stereocenters. The number of phenolic OH excluding ortho intramolecular Hbond substituents is 2. The molecule has 0 bridgehead atoms. The molecule has 0 radical (unpaired) electrons. The maximum absolute atomic E-state index is 10.6. The molecule has 0 fully saturated rings. The molecule has 1 aromatic heterocycles. The molecule has 13 heavy (non-hydrogen) atoms. The zero-order chi connectivity index (χ0) is 9.59. The minimum Gasteiger partial charge on any atom is -0.504 e. The summed E-state index contributed by atoms with van der Waals surface area (Å²) in [7, 11) is 0. The van der Waals surface area contributed by atoms with Gasteiger partial charge in [0.05, 0.1) is 5.69 Å². The Morgan fingerprint density at radius 1 is 1.00 bits per heavy atom. The lowest BCUT2D eigenvalue weighted by Gasteiger charge is -1.97. The zero-order valence-corrected chi connectivity index (χ0v) is 6.39. The molecule has 5 nitrogen and oxygen atoms in total. The van der Waals surface area contributed by atoms with Crippen molar-refractivity contribution < 1.29 is 10.2 Å². The number of aromatic nitrogens is 1. The average molecular weight is 179 g/mol. The Morgan fingerprint density at radius 3 is 2.08 bits per heavy atom. The largest absolute Gasteiger partial charge is 0.504 e. The minimum atomic E-state index is -0.606. The molecule has 1 heterocycles. The van der Waals surface area contributed by atoms with E-state index >= 15 is 0 Å². The third-order valence-electron chi connectivity index (χ3n) is 1.76. The second-order valence-electron chi connectivity index (χ2n) is 2.62. The van der Waals surface area contributed by atoms with Crippen LogP contribution in [0.5, 0.6) is 11.5 Å². The van der Waals surface area contributed by atoms with E-state index in [2.05, 4.69) is 0 Å². The highest BCUT2D eigenvalue weighted by molar-refractivity contribution is 5.47. The molecular weight excluding hydrogens is 174 g/mol. The van der Waals surface area contributed by atoms with Crippen molar-refractivity contribution in [2.45, 2.75) is 0 Å². The molecule has 0 spiro atoms. The molecule has 0 saturated carbocycles. The zero-order valence-electron chi connectivity index (χ0n) is 6.39. The summed E-state index contributed by atoms with van der Waals surface area (Å²) in [5, 5.41) is 18.0. The Hall–Kier alpha value is -2.04. The molecule has 5 heteroatoms. The van der Waals surface area contributed by atoms with Gasteiger partial charge in [-0.1, -0.05) is 0 Å². The number of benzene rings is 1. The lowest BCUT2D eigenvalue weighted by molar-refractivity contribution is 0.403. The van der Waals surface area contributed by atoms with Crippen LogP contribution < -0.4 is 11.1 Å². The van der Waals surface area contributed by atoms with Crippen LogP contribution in [-0.4, -0.2) is 14.8 Å². The van der Waals surface area contributed by atoms with E-state index in [1.165, 1.54) is 12.1 Å². The van der Waals surface area contributed by atoms with Crippen LogP contribution in [0.3, 0.4) is 0 Å². The molecule has 1 aromatic carbocycles. The van der Waals surface area contributed by atoms with Gasteiger partial charge >= 0.3 is 11.1 Å². The first-order valence-electron chi connectivity index (χ1n) is 3.51. The molecular formula is C8H5NO4. The normalized spacial score (nSPS) is 10.8. The molecule has 66 valence electrons. The van der Waals surface area contributed by atoms with Gasteiger partial charge in [0.15, 0.2) is 11.5 Å². The van der Waals surface area contributed by atoms with Gasteiger partial charge in [-0.3, -0.25) is 9.59 Å². The molecule has 0 aliphatic rings. The summed E-state index contributed by atoms with van der Waals surface area (Å²) in [6.07, 6.45) is 0. The van der Waals surface area contributed by atoms with Gasteiger partial charge in [0, 0.05) is 6.07 Å². The highest BCUT2D eigenvalue weighted by Gasteiger charge is 2.18. The maximum Gasteiger partial charge on any atom is 0.324 e. The van der Waals surface area contributed by atoms with Gasteiger partial charge in [-0.05, 0) is 12.1 Å². The summed E-state index contributed by atoms with van der Waals surface area (Å²) < 4.78 is 0.902. The van der Waals surface area contributed by atoms with Gasteiger partial charge in [0.2, 0.25) is 0 Å². The summed E-state index contributed by atoms with van der Waals surface area (Å²) in [6.45, 7) is 0. The summed E-state index contributed by atoms with van der Waals surface area (Å²) in [6, 6.07) is 3.74. The maximum atomic E-state index is 10.6. The Labute approximate surface area is 71.8 Å². The van der Waals surface area contributed by atoms with E-state index in [-0.39, 0.29) is 17.2 Å². The highest BCUT2D eigenvalue weighted by Crippen LogP contribution is 2.25. The van der Waals surface area contributed by atoms with Gasteiger partial charge in [-0.15, -0.1) is 0 Å². The predicted octanol–water partition coefficient (Wildman–Crippen LogP) is -0.516. The molecule has 0 aliphatic heterocycles. The van der Waals surface area contributed by atoms with Crippen LogP contribution >= 0.6 is 0 Å². The van der Waals surface area contributed by atoms with Crippen LogP contribution in [0, 0.1) is 0 Å². The van der Waals surface area contributed by atoms with Crippen molar-refractivity contribution in [1.82, 2.24) is 4.57 Å². The van der Waals surface area contributed by atoms with Crippen molar-refractivity contribution in [3.8, 4) is 17.2 Å². The quantitative estimate of drug-likeness (QED) is 0.456. The third-order valence-corrected chi connectivity index (χ3v) is 1.76. The van der Waals surface area contributed by atoms with Crippen molar-refractivity contribution in [2.24, 2.45) is 0 Å². The van der Waals surface area contributed by atoms with E-state index in [0.717, 1.165) is 10.6 Å². The lowest BCUT2D eigenvalue weighted by Crippen LogP contribution is -1.90. The van der Waals surface area contributed by atoms with E-state index in [4.69, 9.17) is 10.2 Å². The number of hydrogen-bond donors (Lipinski definition) is 2. The van der Waals surface area contributed by atoms with E-state index in [1.54, 1.807) is 0 Å². The Morgan fingerprint density at radius 2 is 1.62 bits per heavy atom. The predicted molar refractivity (Wildman–Crippen MR) is 44.0 cm³/mol. The van der Waals surface area contributed by atoms with Crippen molar-refractivity contribution >= 4 is 0 Å². The minimum absolute atomic E-state index is 0.269. The van der Waals surface area contributed by atoms with Crippen LogP contribution in [0.1, 0.15) is 0 Å². The van der Waals surface area contributed by atoms with Gasteiger partial charge in [0.25, 0.3) is 0 Å². The van der Waals surface area contributed by atoms with Crippen molar-refractivity contribution in [2.75, 3.05) is 0 Å². The second kappa shape index (κ2) is 2.22. The van der Waals surface area contributed by atoms with Crippen LogP contribution in [-0.2, 0) is 0 Å². The number of rotatable bonds is 1. The first-order chi connectivity index (χ1) is 6.11. The van der Waals surface area contributed by atoms with Gasteiger partial charge in [-0.2, -0.15) is 0 Å². The van der Waals surface area contributed by atoms with E-state index in [0.29, 0.717) is 0 Å². The summed E-state index contributed by atoms with van der Waals surface area (Å²) in [4.78, 5) is 21.3. The first kappa shape index (κ1) is 7.60. The van der Waals surface area contributed by atoms with E-state index < -0.39 is 11.1 Å². The van der Waals surface area contributed by atoms with Crippen LogP contribution in [0.2, 0.25) is 0 Å². The molecule has 0 aliphatic carbocycles. The lowest BCUT2D eigenvalue weighted by atomic mass is 10.3. The summed E-state index contributed by atoms with van der Waals surface area (Å²) >= 11 is 0. The Balaban J connectivity index is 2.56. The molecule has 2 rings (SSSR count). The van der Waals surface area contributed by atoms with Crippen molar-refractivity contribution in [3.05, 3.63) is 38.9 Å². The second-order valence-corrected chi connectivity index (χ2v) is 2.62. The van der Waals surface area contributed by atoms with Crippen LogP contribution in [0.4, 0.5) is 0 Å². The SMILES string of the molecule is O=c1c(=O)n1-c1ccc(O)c(O)c1. The topological polar surface area (TPSA) is 79.5 Å². The van der Waals surface area contributed by atoms with Gasteiger partial charge < -0.3 is 10.2 Å². The molecule has 2 aromatic rings. The third kappa shape index (κ3) is 1.01. The van der Waals surface area contributed by atoms with Gasteiger partial charge in [-0.25, -0.2) is 4.57 Å². The fourth-order valence-corrected chi connectivity index (χ4v) is 1.02. The summed E-state index contributed by atoms with van der Waals surface area (Å²) in [5.74, 6) is -0.643. The van der Waals surface area contributed by atoms with E-state index in [1.807, 2.05) is 0 Å². The van der Waals surface area contributed by atoms with Crippen LogP contribution in [0.15, 0.2) is 27.8 Å². The molecule has 0 amide bonds. The fourth-order valence-electron chi connectivity index (χ4n) is 1.02. The highest BCUT2D eigenvalue weighted by atomic mass is 16.3. The number of nitrogens with zero attached hydrogens (tertiary/aromatic N) is 1. The monoisotopic (exact) mass is 179 g/mol.